The Hall–Kier alpha value is -0.160. The monoisotopic (exact) mass is 248 g/mol. The molecule has 0 aliphatic carbocycles. The summed E-state index contributed by atoms with van der Waals surface area (Å²) in [6, 6.07) is 0.359. The lowest BCUT2D eigenvalue weighted by molar-refractivity contribution is 0.127. The van der Waals surface area contributed by atoms with Crippen LogP contribution in [0, 0.1) is 0 Å². The normalized spacial score (nSPS) is 15.6. The van der Waals surface area contributed by atoms with Crippen molar-refractivity contribution in [1.29, 1.82) is 0 Å². The molecule has 0 fully saturated rings. The summed E-state index contributed by atoms with van der Waals surface area (Å²) >= 11 is 7.32. The Kier molecular flexibility index (Phi) is 4.99. The number of aromatic nitrogens is 1. The van der Waals surface area contributed by atoms with Gasteiger partial charge in [0.15, 0.2) is 0 Å². The molecule has 0 spiro atoms. The number of rotatable bonds is 5. The van der Waals surface area contributed by atoms with Crippen LogP contribution in [-0.2, 0) is 5.88 Å². The third-order valence-corrected chi connectivity index (χ3v) is 3.97. The molecule has 0 saturated heterocycles. The largest absolute Gasteiger partial charge is 0.395 e. The average molecular weight is 249 g/mol. The Morgan fingerprint density at radius 1 is 1.60 bits per heavy atom. The Labute approximate surface area is 99.7 Å². The van der Waals surface area contributed by atoms with E-state index in [1.165, 1.54) is 0 Å². The maximum absolute atomic E-state index is 9.07. The highest BCUT2D eigenvalue weighted by Gasteiger charge is 2.19. The van der Waals surface area contributed by atoms with Gasteiger partial charge in [0.2, 0.25) is 0 Å². The van der Waals surface area contributed by atoms with Gasteiger partial charge in [0.25, 0.3) is 0 Å². The van der Waals surface area contributed by atoms with E-state index < -0.39 is 0 Å². The van der Waals surface area contributed by atoms with Crippen LogP contribution in [0.5, 0.6) is 0 Å². The Balaban J connectivity index is 2.70. The smallest absolute Gasteiger partial charge is 0.110 e. The Morgan fingerprint density at radius 2 is 2.27 bits per heavy atom. The number of hydrogen-bond donors (Lipinski definition) is 1. The molecule has 1 aromatic rings. The summed E-state index contributed by atoms with van der Waals surface area (Å²) in [7, 11) is 1.99. The first-order valence-corrected chi connectivity index (χ1v) is 6.34. The highest BCUT2D eigenvalue weighted by molar-refractivity contribution is 7.09. The van der Waals surface area contributed by atoms with Gasteiger partial charge in [-0.05, 0) is 20.9 Å². The molecular formula is C10H17ClN2OS. The number of aliphatic hydroxyl groups excluding tert-OH is 1. The molecule has 0 radical (unpaired) electrons. The van der Waals surface area contributed by atoms with Crippen molar-refractivity contribution in [3.63, 3.8) is 0 Å². The van der Waals surface area contributed by atoms with Crippen molar-refractivity contribution in [3.8, 4) is 0 Å². The molecular weight excluding hydrogens is 232 g/mol. The minimum absolute atomic E-state index is 0.142. The molecule has 0 amide bonds. The Bertz CT molecular complexity index is 305. The fourth-order valence-electron chi connectivity index (χ4n) is 1.26. The quantitative estimate of drug-likeness (QED) is 0.812. The summed E-state index contributed by atoms with van der Waals surface area (Å²) in [5, 5.41) is 12.1. The van der Waals surface area contributed by atoms with Crippen LogP contribution in [-0.4, -0.2) is 34.7 Å². The molecule has 0 bridgehead atoms. The van der Waals surface area contributed by atoms with Crippen LogP contribution in [0.25, 0.3) is 0 Å². The molecule has 0 aromatic carbocycles. The van der Waals surface area contributed by atoms with Crippen molar-refractivity contribution < 1.29 is 5.11 Å². The maximum atomic E-state index is 9.07. The standard InChI is InChI=1S/C10H17ClN2OS/c1-7(5-14)13(3)8(2)10-12-9(4-11)6-15-10/h6-8,14H,4-5H2,1-3H3. The van der Waals surface area contributed by atoms with Crippen molar-refractivity contribution in [2.45, 2.75) is 31.8 Å². The number of hydrogen-bond acceptors (Lipinski definition) is 4. The van der Waals surface area contributed by atoms with Gasteiger partial charge in [-0.2, -0.15) is 0 Å². The van der Waals surface area contributed by atoms with E-state index in [0.29, 0.717) is 5.88 Å². The van der Waals surface area contributed by atoms with Gasteiger partial charge in [-0.1, -0.05) is 0 Å². The van der Waals surface area contributed by atoms with Crippen LogP contribution >= 0.6 is 22.9 Å². The van der Waals surface area contributed by atoms with Gasteiger partial charge in [0.05, 0.1) is 24.2 Å². The van der Waals surface area contributed by atoms with Gasteiger partial charge in [-0.3, -0.25) is 4.90 Å². The molecule has 15 heavy (non-hydrogen) atoms. The number of thiazole rings is 1. The van der Waals surface area contributed by atoms with Crippen LogP contribution in [0.1, 0.15) is 30.6 Å². The third-order valence-electron chi connectivity index (χ3n) is 2.63. The first-order chi connectivity index (χ1) is 7.10. The van der Waals surface area contributed by atoms with Crippen molar-refractivity contribution in [2.75, 3.05) is 13.7 Å². The van der Waals surface area contributed by atoms with Gasteiger partial charge < -0.3 is 5.11 Å². The number of alkyl halides is 1. The second-order valence-corrected chi connectivity index (χ2v) is 4.84. The van der Waals surface area contributed by atoms with Crippen molar-refractivity contribution in [1.82, 2.24) is 9.88 Å². The summed E-state index contributed by atoms with van der Waals surface area (Å²) < 4.78 is 0. The summed E-state index contributed by atoms with van der Waals surface area (Å²) in [6.45, 7) is 4.24. The zero-order chi connectivity index (χ0) is 11.4. The van der Waals surface area contributed by atoms with Gasteiger partial charge in [-0.25, -0.2) is 4.98 Å². The first-order valence-electron chi connectivity index (χ1n) is 4.93. The molecule has 0 saturated carbocycles. The molecule has 1 heterocycles. The van der Waals surface area contributed by atoms with Gasteiger partial charge >= 0.3 is 0 Å². The molecule has 2 atom stereocenters. The van der Waals surface area contributed by atoms with E-state index in [0.717, 1.165) is 10.7 Å². The van der Waals surface area contributed by atoms with Crippen LogP contribution in [0.3, 0.4) is 0 Å². The molecule has 5 heteroatoms. The molecule has 86 valence electrons. The summed E-state index contributed by atoms with van der Waals surface area (Å²) in [5.41, 5.74) is 0.925. The number of aliphatic hydroxyl groups is 1. The van der Waals surface area contributed by atoms with Gasteiger partial charge in [0, 0.05) is 11.4 Å². The second kappa shape index (κ2) is 5.80. The lowest BCUT2D eigenvalue weighted by atomic mass is 10.2. The predicted molar refractivity (Wildman–Crippen MR) is 64.4 cm³/mol. The van der Waals surface area contributed by atoms with Crippen molar-refractivity contribution in [2.24, 2.45) is 0 Å². The highest BCUT2D eigenvalue weighted by atomic mass is 35.5. The van der Waals surface area contributed by atoms with E-state index in [-0.39, 0.29) is 18.7 Å². The lowest BCUT2D eigenvalue weighted by Crippen LogP contribution is -2.34. The molecule has 1 N–H and O–H groups in total. The lowest BCUT2D eigenvalue weighted by Gasteiger charge is -2.28. The molecule has 0 aliphatic rings. The number of likely N-dealkylation sites (N-methyl/N-ethyl adjacent to an activating group) is 1. The summed E-state index contributed by atoms with van der Waals surface area (Å²) in [4.78, 5) is 6.54. The molecule has 2 unspecified atom stereocenters. The minimum Gasteiger partial charge on any atom is -0.395 e. The average Bonchev–Trinajstić information content (AvgIpc) is 2.74. The minimum atomic E-state index is 0.142. The van der Waals surface area contributed by atoms with E-state index in [2.05, 4.69) is 16.8 Å². The molecule has 1 rings (SSSR count). The zero-order valence-corrected chi connectivity index (χ0v) is 10.8. The topological polar surface area (TPSA) is 36.4 Å². The van der Waals surface area contributed by atoms with E-state index in [4.69, 9.17) is 16.7 Å². The zero-order valence-electron chi connectivity index (χ0n) is 9.27. The highest BCUT2D eigenvalue weighted by Crippen LogP contribution is 2.24. The third kappa shape index (κ3) is 3.14. The molecule has 3 nitrogen and oxygen atoms in total. The van der Waals surface area contributed by atoms with E-state index >= 15 is 0 Å². The summed E-state index contributed by atoms with van der Waals surface area (Å²) in [5.74, 6) is 0.461. The SMILES string of the molecule is CC(CO)N(C)C(C)c1nc(CCl)cs1. The van der Waals surface area contributed by atoms with Gasteiger partial charge in [0.1, 0.15) is 5.01 Å². The first kappa shape index (κ1) is 12.9. The van der Waals surface area contributed by atoms with Crippen molar-refractivity contribution >= 4 is 22.9 Å². The predicted octanol–water partition coefficient (Wildman–Crippen LogP) is 2.26. The molecule has 0 aliphatic heterocycles. The number of halogens is 1. The van der Waals surface area contributed by atoms with Crippen LogP contribution < -0.4 is 0 Å². The van der Waals surface area contributed by atoms with Crippen LogP contribution in [0.15, 0.2) is 5.38 Å². The molecule has 1 aromatic heterocycles. The van der Waals surface area contributed by atoms with Gasteiger partial charge in [-0.15, -0.1) is 22.9 Å². The maximum Gasteiger partial charge on any atom is 0.110 e. The van der Waals surface area contributed by atoms with Crippen molar-refractivity contribution in [3.05, 3.63) is 16.1 Å². The van der Waals surface area contributed by atoms with E-state index in [1.54, 1.807) is 11.3 Å². The van der Waals surface area contributed by atoms with Crippen LogP contribution in [0.2, 0.25) is 0 Å². The fourth-order valence-corrected chi connectivity index (χ4v) is 2.42. The fraction of sp³-hybridized carbons (Fsp3) is 0.700. The van der Waals surface area contributed by atoms with E-state index in [9.17, 15) is 0 Å². The summed E-state index contributed by atoms with van der Waals surface area (Å²) in [6.07, 6.45) is 0. The Morgan fingerprint density at radius 3 is 2.73 bits per heavy atom. The van der Waals surface area contributed by atoms with E-state index in [1.807, 2.05) is 19.4 Å². The second-order valence-electron chi connectivity index (χ2n) is 3.68. The number of nitrogens with zero attached hydrogens (tertiary/aromatic N) is 2. The van der Waals surface area contributed by atoms with Crippen LogP contribution in [0.4, 0.5) is 0 Å².